The molecule has 1 aromatic rings. The van der Waals surface area contributed by atoms with Crippen LogP contribution >= 0.6 is 35.3 Å². The topological polar surface area (TPSA) is 38.9 Å². The Hall–Kier alpha value is -0.130. The number of nitrogens with zero attached hydrogens (tertiary/aromatic N) is 1. The largest absolute Gasteiger partial charge is 0.389 e. The second-order valence-electron chi connectivity index (χ2n) is 3.39. The molecule has 0 unspecified atom stereocenters. The van der Waals surface area contributed by atoms with E-state index in [0.29, 0.717) is 10.9 Å². The van der Waals surface area contributed by atoms with Gasteiger partial charge in [-0.05, 0) is 19.1 Å². The number of rotatable bonds is 4. The highest BCUT2D eigenvalue weighted by molar-refractivity contribution is 7.97. The first-order valence-corrected chi connectivity index (χ1v) is 7.12. The molecule has 0 radical (unpaired) electrons. The molecule has 0 aromatic carbocycles. The van der Waals surface area contributed by atoms with Crippen LogP contribution in [0.2, 0.25) is 0 Å². The SMILES string of the molecule is CSCc1nc(C2CC2)c(C(N)=S)s1. The second-order valence-corrected chi connectivity index (χ2v) is 5.78. The lowest BCUT2D eigenvalue weighted by Crippen LogP contribution is -2.09. The molecule has 76 valence electrons. The normalized spacial score (nSPS) is 15.8. The lowest BCUT2D eigenvalue weighted by atomic mass is 10.2. The van der Waals surface area contributed by atoms with Crippen molar-refractivity contribution in [2.45, 2.75) is 24.5 Å². The number of thioether (sulfide) groups is 1. The van der Waals surface area contributed by atoms with E-state index in [1.165, 1.54) is 12.8 Å². The van der Waals surface area contributed by atoms with E-state index in [-0.39, 0.29) is 0 Å². The minimum absolute atomic E-state index is 0.511. The van der Waals surface area contributed by atoms with Crippen LogP contribution in [0.25, 0.3) is 0 Å². The second kappa shape index (κ2) is 4.16. The van der Waals surface area contributed by atoms with Crippen molar-refractivity contribution in [1.29, 1.82) is 0 Å². The standard InChI is InChI=1S/C9H12N2S3/c1-13-4-6-11-7(5-2-3-5)8(14-6)9(10)12/h5H,2-4H2,1H3,(H2,10,12). The summed E-state index contributed by atoms with van der Waals surface area (Å²) in [5.74, 6) is 1.60. The zero-order valence-corrected chi connectivity index (χ0v) is 10.4. The van der Waals surface area contributed by atoms with Crippen molar-refractivity contribution in [3.63, 3.8) is 0 Å². The zero-order valence-electron chi connectivity index (χ0n) is 7.95. The van der Waals surface area contributed by atoms with Crippen LogP contribution in [-0.4, -0.2) is 16.2 Å². The van der Waals surface area contributed by atoms with E-state index in [1.807, 2.05) is 0 Å². The summed E-state index contributed by atoms with van der Waals surface area (Å²) in [5.41, 5.74) is 6.84. The van der Waals surface area contributed by atoms with Gasteiger partial charge in [0.1, 0.15) is 10.00 Å². The zero-order chi connectivity index (χ0) is 10.1. The average molecular weight is 244 g/mol. The lowest BCUT2D eigenvalue weighted by Gasteiger charge is -1.95. The summed E-state index contributed by atoms with van der Waals surface area (Å²) in [5, 5.41) is 1.15. The molecule has 0 spiro atoms. The molecule has 1 aliphatic rings. The maximum atomic E-state index is 5.68. The van der Waals surface area contributed by atoms with Gasteiger partial charge in [0.25, 0.3) is 0 Å². The quantitative estimate of drug-likeness (QED) is 0.826. The third-order valence-corrected chi connectivity index (χ3v) is 4.34. The molecular formula is C9H12N2S3. The Balaban J connectivity index is 2.30. The summed E-state index contributed by atoms with van der Waals surface area (Å²) in [6.07, 6.45) is 4.58. The van der Waals surface area contributed by atoms with Crippen molar-refractivity contribution >= 4 is 40.3 Å². The van der Waals surface area contributed by atoms with Crippen molar-refractivity contribution in [2.75, 3.05) is 6.26 Å². The van der Waals surface area contributed by atoms with Gasteiger partial charge in [0, 0.05) is 11.7 Å². The number of thiocarbonyl (C=S) groups is 1. The molecule has 0 aliphatic heterocycles. The Labute approximate surface area is 97.3 Å². The Kier molecular flexibility index (Phi) is 3.09. The van der Waals surface area contributed by atoms with Crippen molar-refractivity contribution in [3.05, 3.63) is 15.6 Å². The maximum absolute atomic E-state index is 5.68. The molecule has 2 nitrogen and oxygen atoms in total. The highest BCUT2D eigenvalue weighted by Crippen LogP contribution is 2.42. The number of thiazole rings is 1. The molecule has 1 aromatic heterocycles. The van der Waals surface area contributed by atoms with Gasteiger partial charge >= 0.3 is 0 Å². The molecular weight excluding hydrogens is 232 g/mol. The molecule has 0 amide bonds. The van der Waals surface area contributed by atoms with Gasteiger partial charge in [-0.1, -0.05) is 12.2 Å². The number of hydrogen-bond donors (Lipinski definition) is 1. The van der Waals surface area contributed by atoms with Crippen LogP contribution in [-0.2, 0) is 5.75 Å². The number of hydrogen-bond acceptors (Lipinski definition) is 4. The Morgan fingerprint density at radius 3 is 2.93 bits per heavy atom. The van der Waals surface area contributed by atoms with Gasteiger partial charge in [0.15, 0.2) is 0 Å². The smallest absolute Gasteiger partial charge is 0.116 e. The highest BCUT2D eigenvalue weighted by Gasteiger charge is 2.30. The molecule has 0 saturated heterocycles. The first kappa shape index (κ1) is 10.4. The fourth-order valence-electron chi connectivity index (χ4n) is 1.37. The lowest BCUT2D eigenvalue weighted by molar-refractivity contribution is 1.02. The van der Waals surface area contributed by atoms with Crippen molar-refractivity contribution in [1.82, 2.24) is 4.98 Å². The number of nitrogens with two attached hydrogens (primary N) is 1. The van der Waals surface area contributed by atoms with Crippen LogP contribution in [0.15, 0.2) is 0 Å². The van der Waals surface area contributed by atoms with Crippen LogP contribution in [0.1, 0.15) is 34.3 Å². The molecule has 5 heteroatoms. The van der Waals surface area contributed by atoms with E-state index in [0.717, 1.165) is 21.3 Å². The van der Waals surface area contributed by atoms with Crippen LogP contribution in [0.4, 0.5) is 0 Å². The van der Waals surface area contributed by atoms with Crippen LogP contribution in [0.3, 0.4) is 0 Å². The molecule has 2 rings (SSSR count). The van der Waals surface area contributed by atoms with Gasteiger partial charge < -0.3 is 5.73 Å². The minimum atomic E-state index is 0.511. The molecule has 1 aliphatic carbocycles. The first-order valence-electron chi connectivity index (χ1n) is 4.50. The molecule has 0 bridgehead atoms. The average Bonchev–Trinajstić information content (AvgIpc) is 2.88. The van der Waals surface area contributed by atoms with Gasteiger partial charge in [-0.15, -0.1) is 11.3 Å². The van der Waals surface area contributed by atoms with Crippen LogP contribution < -0.4 is 5.73 Å². The van der Waals surface area contributed by atoms with E-state index >= 15 is 0 Å². The monoisotopic (exact) mass is 244 g/mol. The maximum Gasteiger partial charge on any atom is 0.116 e. The minimum Gasteiger partial charge on any atom is -0.389 e. The van der Waals surface area contributed by atoms with E-state index in [9.17, 15) is 0 Å². The summed E-state index contributed by atoms with van der Waals surface area (Å²) < 4.78 is 0. The van der Waals surface area contributed by atoms with E-state index in [2.05, 4.69) is 11.2 Å². The Morgan fingerprint density at radius 2 is 2.43 bits per heavy atom. The van der Waals surface area contributed by atoms with Crippen LogP contribution in [0.5, 0.6) is 0 Å². The third kappa shape index (κ3) is 2.10. The van der Waals surface area contributed by atoms with Gasteiger partial charge in [0.05, 0.1) is 10.6 Å². The Morgan fingerprint density at radius 1 is 1.71 bits per heavy atom. The fraction of sp³-hybridized carbons (Fsp3) is 0.556. The van der Waals surface area contributed by atoms with Gasteiger partial charge in [0.2, 0.25) is 0 Å². The molecule has 2 N–H and O–H groups in total. The summed E-state index contributed by atoms with van der Waals surface area (Å²) in [6.45, 7) is 0. The van der Waals surface area contributed by atoms with Gasteiger partial charge in [-0.3, -0.25) is 0 Å². The van der Waals surface area contributed by atoms with Gasteiger partial charge in [-0.2, -0.15) is 11.8 Å². The fourth-order valence-corrected chi connectivity index (χ4v) is 3.30. The molecule has 1 heterocycles. The third-order valence-electron chi connectivity index (χ3n) is 2.15. The molecule has 1 saturated carbocycles. The molecule has 14 heavy (non-hydrogen) atoms. The molecule has 1 fully saturated rings. The summed E-state index contributed by atoms with van der Waals surface area (Å²) in [4.78, 5) is 6.17. The van der Waals surface area contributed by atoms with Crippen molar-refractivity contribution < 1.29 is 0 Å². The van der Waals surface area contributed by atoms with E-state index < -0.39 is 0 Å². The van der Waals surface area contributed by atoms with Crippen molar-refractivity contribution in [3.8, 4) is 0 Å². The summed E-state index contributed by atoms with van der Waals surface area (Å²) in [7, 11) is 0. The van der Waals surface area contributed by atoms with E-state index in [1.54, 1.807) is 23.1 Å². The first-order chi connectivity index (χ1) is 6.72. The van der Waals surface area contributed by atoms with E-state index in [4.69, 9.17) is 18.0 Å². The summed E-state index contributed by atoms with van der Waals surface area (Å²) >= 11 is 8.48. The predicted octanol–water partition coefficient (Wildman–Crippen LogP) is 2.52. The number of aromatic nitrogens is 1. The summed E-state index contributed by atoms with van der Waals surface area (Å²) in [6, 6.07) is 0. The molecule has 0 atom stereocenters. The Bertz CT molecular complexity index is 355. The van der Waals surface area contributed by atoms with Crippen LogP contribution in [0, 0.1) is 0 Å². The van der Waals surface area contributed by atoms with Gasteiger partial charge in [-0.25, -0.2) is 4.98 Å². The van der Waals surface area contributed by atoms with Crippen molar-refractivity contribution in [2.24, 2.45) is 5.73 Å². The predicted molar refractivity (Wildman–Crippen MR) is 67.2 cm³/mol. The highest BCUT2D eigenvalue weighted by atomic mass is 32.2.